The third kappa shape index (κ3) is 4.56. The van der Waals surface area contributed by atoms with Crippen molar-refractivity contribution in [2.45, 2.75) is 32.1 Å². The molecule has 0 aromatic carbocycles. The molecule has 3 rings (SSSR count). The minimum atomic E-state index is -0.250. The van der Waals surface area contributed by atoms with Gasteiger partial charge in [0.25, 0.3) is 6.47 Å². The lowest BCUT2D eigenvalue weighted by Crippen LogP contribution is -2.41. The van der Waals surface area contributed by atoms with E-state index in [4.69, 9.17) is 20.9 Å². The Kier molecular flexibility index (Phi) is 6.11. The second-order valence-corrected chi connectivity index (χ2v) is 6.27. The summed E-state index contributed by atoms with van der Waals surface area (Å²) >= 11 is 0. The van der Waals surface area contributed by atoms with Crippen molar-refractivity contribution in [3.05, 3.63) is 11.8 Å². The number of nitrogens with two attached hydrogens (primary N) is 1. The zero-order valence-corrected chi connectivity index (χ0v) is 13.9. The van der Waals surface area contributed by atoms with E-state index in [1.54, 1.807) is 0 Å². The lowest BCUT2D eigenvalue weighted by atomic mass is 9.73. The largest absolute Gasteiger partial charge is 0.483 e. The molecule has 2 fully saturated rings. The van der Waals surface area contributed by atoms with E-state index in [0.29, 0.717) is 17.9 Å². The summed E-state index contributed by atoms with van der Waals surface area (Å²) < 4.78 is 0. The van der Waals surface area contributed by atoms with Gasteiger partial charge in [0.05, 0.1) is 6.20 Å². The van der Waals surface area contributed by atoms with E-state index in [1.807, 2.05) is 6.07 Å². The fraction of sp³-hybridized carbons (Fsp3) is 0.562. The fourth-order valence-electron chi connectivity index (χ4n) is 3.36. The van der Waals surface area contributed by atoms with Crippen LogP contribution in [0.3, 0.4) is 0 Å². The summed E-state index contributed by atoms with van der Waals surface area (Å²) in [7, 11) is 0. The third-order valence-electron chi connectivity index (χ3n) is 4.89. The predicted molar refractivity (Wildman–Crippen MR) is 90.6 cm³/mol. The van der Waals surface area contributed by atoms with Gasteiger partial charge in [0.15, 0.2) is 0 Å². The van der Waals surface area contributed by atoms with Gasteiger partial charge in [-0.3, -0.25) is 9.59 Å². The molecule has 4 N–H and O–H groups in total. The highest BCUT2D eigenvalue weighted by atomic mass is 16.3. The number of piperidine rings is 1. The number of carbonyl (C=O) groups is 2. The van der Waals surface area contributed by atoms with Crippen LogP contribution in [0.5, 0.6) is 0 Å². The normalized spacial score (nSPS) is 19.0. The number of rotatable bonds is 1. The van der Waals surface area contributed by atoms with Crippen LogP contribution in [0.25, 0.3) is 0 Å². The average molecular weight is 346 g/mol. The zero-order valence-electron chi connectivity index (χ0n) is 13.9. The summed E-state index contributed by atoms with van der Waals surface area (Å²) in [5, 5.41) is 18.7. The molecule has 2 aliphatic rings. The maximum atomic E-state index is 11.5. The van der Waals surface area contributed by atoms with Gasteiger partial charge in [-0.05, 0) is 31.1 Å². The van der Waals surface area contributed by atoms with Gasteiger partial charge in [-0.1, -0.05) is 0 Å². The van der Waals surface area contributed by atoms with Crippen LogP contribution in [0, 0.1) is 16.7 Å². The van der Waals surface area contributed by atoms with E-state index in [-0.39, 0.29) is 23.6 Å². The number of nitrogen functional groups attached to an aromatic ring is 1. The first-order chi connectivity index (χ1) is 12.0. The molecule has 1 spiro atoms. The monoisotopic (exact) mass is 346 g/mol. The lowest BCUT2D eigenvalue weighted by Gasteiger charge is -2.41. The number of carbonyl (C=O) groups excluding carboxylic acids is 1. The first-order valence-corrected chi connectivity index (χ1v) is 8.16. The summed E-state index contributed by atoms with van der Waals surface area (Å²) in [6.45, 7) is 2.25. The Labute approximate surface area is 145 Å². The van der Waals surface area contributed by atoms with Crippen molar-refractivity contribution in [2.75, 3.05) is 30.3 Å². The van der Waals surface area contributed by atoms with Gasteiger partial charge in [-0.15, -0.1) is 0 Å². The Morgan fingerprint density at radius 3 is 2.64 bits per heavy atom. The van der Waals surface area contributed by atoms with E-state index in [9.17, 15) is 4.79 Å². The minimum absolute atomic E-state index is 0.169. The van der Waals surface area contributed by atoms with Crippen molar-refractivity contribution in [1.82, 2.24) is 15.3 Å². The Morgan fingerprint density at radius 2 is 2.04 bits per heavy atom. The summed E-state index contributed by atoms with van der Waals surface area (Å²) in [5.74, 6) is 0.994. The molecule has 1 aromatic rings. The number of anilines is 2. The van der Waals surface area contributed by atoms with Gasteiger partial charge in [-0.25, -0.2) is 4.98 Å². The van der Waals surface area contributed by atoms with Gasteiger partial charge in [0.2, 0.25) is 11.9 Å². The molecule has 0 bridgehead atoms. The van der Waals surface area contributed by atoms with Gasteiger partial charge in [-0.2, -0.15) is 10.2 Å². The number of nitrogens with zero attached hydrogens (tertiary/aromatic N) is 4. The van der Waals surface area contributed by atoms with Crippen LogP contribution in [0.1, 0.15) is 37.7 Å². The molecule has 2 saturated heterocycles. The van der Waals surface area contributed by atoms with Crippen LogP contribution in [-0.4, -0.2) is 47.1 Å². The van der Waals surface area contributed by atoms with E-state index in [1.165, 1.54) is 6.20 Å². The Morgan fingerprint density at radius 1 is 1.36 bits per heavy atom. The summed E-state index contributed by atoms with van der Waals surface area (Å²) in [5.41, 5.74) is 6.33. The maximum Gasteiger partial charge on any atom is 0.290 e. The fourth-order valence-corrected chi connectivity index (χ4v) is 3.36. The molecule has 0 saturated carbocycles. The highest BCUT2D eigenvalue weighted by Crippen LogP contribution is 2.40. The van der Waals surface area contributed by atoms with Crippen LogP contribution in [0.4, 0.5) is 11.8 Å². The predicted octanol–water partition coefficient (Wildman–Crippen LogP) is 0.518. The molecule has 0 aliphatic carbocycles. The Bertz CT molecular complexity index is 664. The van der Waals surface area contributed by atoms with E-state index < -0.39 is 0 Å². The number of nitriles is 1. The van der Waals surface area contributed by atoms with E-state index in [0.717, 1.165) is 45.3 Å². The molecular weight excluding hydrogens is 324 g/mol. The van der Waals surface area contributed by atoms with Gasteiger partial charge < -0.3 is 21.1 Å². The molecule has 0 unspecified atom stereocenters. The smallest absolute Gasteiger partial charge is 0.290 e. The van der Waals surface area contributed by atoms with E-state index >= 15 is 0 Å². The van der Waals surface area contributed by atoms with Gasteiger partial charge >= 0.3 is 0 Å². The molecule has 9 heteroatoms. The lowest BCUT2D eigenvalue weighted by molar-refractivity contribution is -0.123. The molecule has 25 heavy (non-hydrogen) atoms. The molecular formula is C16H22N6O3. The molecule has 3 heterocycles. The molecule has 0 atom stereocenters. The molecule has 9 nitrogen and oxygen atoms in total. The molecule has 1 amide bonds. The van der Waals surface area contributed by atoms with Crippen LogP contribution in [-0.2, 0) is 9.59 Å². The van der Waals surface area contributed by atoms with Gasteiger partial charge in [0.1, 0.15) is 17.5 Å². The summed E-state index contributed by atoms with van der Waals surface area (Å²) in [6, 6.07) is 1.98. The zero-order chi connectivity index (χ0) is 18.3. The summed E-state index contributed by atoms with van der Waals surface area (Å²) in [4.78, 5) is 30.5. The number of amides is 1. The average Bonchev–Trinajstić information content (AvgIpc) is 2.78. The Hall–Kier alpha value is -2.89. The van der Waals surface area contributed by atoms with Crippen molar-refractivity contribution >= 4 is 24.1 Å². The number of nitrogens with one attached hydrogen (secondary N) is 1. The van der Waals surface area contributed by atoms with Crippen molar-refractivity contribution in [3.8, 4) is 6.07 Å². The van der Waals surface area contributed by atoms with Gasteiger partial charge in [0, 0.05) is 26.1 Å². The number of hydrogen-bond acceptors (Lipinski definition) is 7. The van der Waals surface area contributed by atoms with Crippen LogP contribution >= 0.6 is 0 Å². The Balaban J connectivity index is 0.000000701. The first-order valence-electron chi connectivity index (χ1n) is 8.16. The van der Waals surface area contributed by atoms with Crippen molar-refractivity contribution in [2.24, 2.45) is 5.41 Å². The topological polar surface area (TPSA) is 145 Å². The third-order valence-corrected chi connectivity index (χ3v) is 4.89. The van der Waals surface area contributed by atoms with Crippen molar-refractivity contribution in [1.29, 1.82) is 5.26 Å². The quantitative estimate of drug-likeness (QED) is 0.624. The maximum absolute atomic E-state index is 11.5. The highest BCUT2D eigenvalue weighted by molar-refractivity contribution is 5.76. The van der Waals surface area contributed by atoms with E-state index in [2.05, 4.69) is 20.2 Å². The highest BCUT2D eigenvalue weighted by Gasteiger charge is 2.36. The number of carboxylic acid groups (broad SMARTS) is 1. The minimum Gasteiger partial charge on any atom is -0.483 e. The van der Waals surface area contributed by atoms with Crippen LogP contribution in [0.2, 0.25) is 0 Å². The molecule has 2 aliphatic heterocycles. The van der Waals surface area contributed by atoms with Crippen molar-refractivity contribution < 1.29 is 14.7 Å². The summed E-state index contributed by atoms with van der Waals surface area (Å²) in [6.07, 6.45) is 6.18. The molecule has 0 radical (unpaired) electrons. The molecule has 134 valence electrons. The van der Waals surface area contributed by atoms with Crippen molar-refractivity contribution in [3.63, 3.8) is 0 Å². The van der Waals surface area contributed by atoms with Crippen LogP contribution in [0.15, 0.2) is 6.20 Å². The SMILES string of the molecule is N#Cc1cnc(N2CCC3(CCNC(=O)CC3)CC2)nc1N.O=CO. The number of aromatic nitrogens is 2. The number of hydrogen-bond donors (Lipinski definition) is 3. The molecule has 1 aromatic heterocycles. The standard InChI is InChI=1S/C15H20N6O.CH2O2/c16-9-11-10-19-14(20-13(11)17)21-7-4-15(5-8-21)2-1-12(22)18-6-3-15;2-1-3/h10H,1-8H2,(H,18,22)(H2,17,19,20);1H,(H,2,3). The first kappa shape index (κ1) is 18.4. The van der Waals surface area contributed by atoms with Crippen LogP contribution < -0.4 is 16.0 Å². The second-order valence-electron chi connectivity index (χ2n) is 6.27. The second kappa shape index (κ2) is 8.28.